The first-order valence-electron chi connectivity index (χ1n) is 8.31. The number of rotatable bonds is 8. The van der Waals surface area contributed by atoms with Gasteiger partial charge in [0.1, 0.15) is 5.76 Å². The number of furan rings is 1. The highest BCUT2D eigenvalue weighted by Gasteiger charge is 2.13. The average Bonchev–Trinajstić information content (AvgIpc) is 3.12. The van der Waals surface area contributed by atoms with Crippen LogP contribution in [0.3, 0.4) is 0 Å². The van der Waals surface area contributed by atoms with Crippen LogP contribution in [0.15, 0.2) is 45.7 Å². The van der Waals surface area contributed by atoms with Gasteiger partial charge in [0.2, 0.25) is 5.91 Å². The van der Waals surface area contributed by atoms with Gasteiger partial charge in [-0.3, -0.25) is 25.3 Å². The normalized spacial score (nSPS) is 10.8. The predicted molar refractivity (Wildman–Crippen MR) is 103 cm³/mol. The Labute approximate surface area is 162 Å². The van der Waals surface area contributed by atoms with Gasteiger partial charge >= 0.3 is 5.91 Å². The summed E-state index contributed by atoms with van der Waals surface area (Å²) in [5.41, 5.74) is 4.72. The second-order valence-corrected chi connectivity index (χ2v) is 6.87. The van der Waals surface area contributed by atoms with Gasteiger partial charge in [-0.1, -0.05) is 37.6 Å². The van der Waals surface area contributed by atoms with Crippen molar-refractivity contribution in [3.8, 4) is 0 Å². The molecule has 2 aromatic rings. The Balaban J connectivity index is 1.78. The van der Waals surface area contributed by atoms with Crippen LogP contribution in [-0.2, 0) is 11.3 Å². The van der Waals surface area contributed by atoms with Crippen molar-refractivity contribution >= 4 is 35.2 Å². The molecule has 0 aliphatic heterocycles. The first-order chi connectivity index (χ1) is 12.5. The van der Waals surface area contributed by atoms with Crippen LogP contribution in [-0.4, -0.2) is 35.6 Å². The van der Waals surface area contributed by atoms with Gasteiger partial charge in [-0.05, 0) is 37.4 Å². The fourth-order valence-electron chi connectivity index (χ4n) is 2.18. The van der Waals surface area contributed by atoms with Gasteiger partial charge < -0.3 is 4.42 Å². The molecule has 1 heterocycles. The number of nitrogens with zero attached hydrogens (tertiary/aromatic N) is 1. The van der Waals surface area contributed by atoms with Crippen molar-refractivity contribution in [2.45, 2.75) is 25.3 Å². The number of carbonyl (C=O) groups excluding carboxylic acids is 2. The summed E-state index contributed by atoms with van der Waals surface area (Å²) in [7, 11) is 0. The molecule has 8 heteroatoms. The molecule has 0 spiro atoms. The molecule has 2 N–H and O–H groups in total. The molecule has 1 aromatic heterocycles. The van der Waals surface area contributed by atoms with E-state index in [-0.39, 0.29) is 17.4 Å². The molecular formula is C18H22ClN3O3S. The van der Waals surface area contributed by atoms with Crippen LogP contribution >= 0.6 is 23.4 Å². The van der Waals surface area contributed by atoms with Crippen LogP contribution in [0.2, 0.25) is 5.02 Å². The van der Waals surface area contributed by atoms with Crippen LogP contribution in [0.25, 0.3) is 0 Å². The van der Waals surface area contributed by atoms with E-state index in [1.165, 1.54) is 11.8 Å². The van der Waals surface area contributed by atoms with Crippen LogP contribution in [0.4, 0.5) is 0 Å². The smallest absolute Gasteiger partial charge is 0.305 e. The van der Waals surface area contributed by atoms with Crippen LogP contribution in [0.5, 0.6) is 0 Å². The molecule has 140 valence electrons. The van der Waals surface area contributed by atoms with E-state index in [0.717, 1.165) is 18.0 Å². The minimum Gasteiger partial charge on any atom is -0.454 e. The van der Waals surface area contributed by atoms with Crippen molar-refractivity contribution in [2.24, 2.45) is 0 Å². The second kappa shape index (κ2) is 10.3. The molecule has 0 bridgehead atoms. The summed E-state index contributed by atoms with van der Waals surface area (Å²) >= 11 is 7.33. The van der Waals surface area contributed by atoms with E-state index in [0.29, 0.717) is 17.3 Å². The summed E-state index contributed by atoms with van der Waals surface area (Å²) in [5.74, 6) is 0.172. The number of amides is 2. The van der Waals surface area contributed by atoms with E-state index in [1.807, 2.05) is 18.2 Å². The standard InChI is InChI=1S/C18H22ClN3O3S/c1-3-22(4-2)11-13-9-10-15(25-13)18(24)21-20-17(23)12-26-16-8-6-5-7-14(16)19/h5-10H,3-4,11-12H2,1-2H3,(H,20,23)(H,21,24). The highest BCUT2D eigenvalue weighted by atomic mass is 35.5. The van der Waals surface area contributed by atoms with Gasteiger partial charge in [0, 0.05) is 4.90 Å². The van der Waals surface area contributed by atoms with E-state index in [2.05, 4.69) is 29.6 Å². The number of carbonyl (C=O) groups is 2. The SMILES string of the molecule is CCN(CC)Cc1ccc(C(=O)NNC(=O)CSc2ccccc2Cl)o1. The molecule has 2 rings (SSSR count). The fraction of sp³-hybridized carbons (Fsp3) is 0.333. The third kappa shape index (κ3) is 6.09. The third-order valence-electron chi connectivity index (χ3n) is 3.67. The lowest BCUT2D eigenvalue weighted by molar-refractivity contribution is -0.119. The van der Waals surface area contributed by atoms with Crippen molar-refractivity contribution in [2.75, 3.05) is 18.8 Å². The molecule has 0 saturated carbocycles. The highest BCUT2D eigenvalue weighted by molar-refractivity contribution is 8.00. The first-order valence-corrected chi connectivity index (χ1v) is 9.67. The van der Waals surface area contributed by atoms with Crippen LogP contribution in [0, 0.1) is 0 Å². The molecular weight excluding hydrogens is 374 g/mol. The number of hydrogen-bond acceptors (Lipinski definition) is 5. The maximum Gasteiger partial charge on any atom is 0.305 e. The minimum atomic E-state index is -0.494. The van der Waals surface area contributed by atoms with E-state index in [1.54, 1.807) is 18.2 Å². The summed E-state index contributed by atoms with van der Waals surface area (Å²) in [5, 5.41) is 0.589. The molecule has 0 aliphatic carbocycles. The van der Waals surface area contributed by atoms with Gasteiger partial charge in [0.05, 0.1) is 17.3 Å². The zero-order chi connectivity index (χ0) is 18.9. The Hall–Kier alpha value is -1.96. The Bertz CT molecular complexity index is 747. The molecule has 0 aliphatic rings. The lowest BCUT2D eigenvalue weighted by Crippen LogP contribution is -2.42. The van der Waals surface area contributed by atoms with Gasteiger partial charge in [0.15, 0.2) is 5.76 Å². The third-order valence-corrected chi connectivity index (χ3v) is 5.19. The van der Waals surface area contributed by atoms with Crippen molar-refractivity contribution in [3.63, 3.8) is 0 Å². The van der Waals surface area contributed by atoms with E-state index in [9.17, 15) is 9.59 Å². The van der Waals surface area contributed by atoms with Crippen molar-refractivity contribution in [1.29, 1.82) is 0 Å². The van der Waals surface area contributed by atoms with E-state index < -0.39 is 5.91 Å². The molecule has 26 heavy (non-hydrogen) atoms. The van der Waals surface area contributed by atoms with E-state index in [4.69, 9.17) is 16.0 Å². The molecule has 0 fully saturated rings. The molecule has 0 unspecified atom stereocenters. The number of halogens is 1. The van der Waals surface area contributed by atoms with E-state index >= 15 is 0 Å². The number of hydrogen-bond donors (Lipinski definition) is 2. The lowest BCUT2D eigenvalue weighted by atomic mass is 10.4. The minimum absolute atomic E-state index is 0.134. The number of hydrazine groups is 1. The molecule has 0 saturated heterocycles. The summed E-state index contributed by atoms with van der Waals surface area (Å²) in [6, 6.07) is 10.6. The summed E-state index contributed by atoms with van der Waals surface area (Å²) in [6.07, 6.45) is 0. The first kappa shape index (κ1) is 20.4. The Morgan fingerprint density at radius 3 is 2.54 bits per heavy atom. The highest BCUT2D eigenvalue weighted by Crippen LogP contribution is 2.26. The van der Waals surface area contributed by atoms with Gasteiger partial charge in [-0.15, -0.1) is 11.8 Å². The Morgan fingerprint density at radius 1 is 1.12 bits per heavy atom. The Morgan fingerprint density at radius 2 is 1.85 bits per heavy atom. The van der Waals surface area contributed by atoms with Gasteiger partial charge in [0.25, 0.3) is 0 Å². The number of benzene rings is 1. The molecule has 6 nitrogen and oxygen atoms in total. The number of thioether (sulfide) groups is 1. The molecule has 0 atom stereocenters. The maximum atomic E-state index is 12.1. The summed E-state index contributed by atoms with van der Waals surface area (Å²) in [4.78, 5) is 26.9. The van der Waals surface area contributed by atoms with Crippen molar-refractivity contribution < 1.29 is 14.0 Å². The summed E-state index contributed by atoms with van der Waals surface area (Å²) in [6.45, 7) is 6.57. The zero-order valence-electron chi connectivity index (χ0n) is 14.8. The topological polar surface area (TPSA) is 74.6 Å². The quantitative estimate of drug-likeness (QED) is 0.529. The molecule has 1 aromatic carbocycles. The number of nitrogens with one attached hydrogen (secondary N) is 2. The predicted octanol–water partition coefficient (Wildman–Crippen LogP) is 3.33. The largest absolute Gasteiger partial charge is 0.454 e. The molecule has 2 amide bonds. The van der Waals surface area contributed by atoms with Gasteiger partial charge in [-0.25, -0.2) is 0 Å². The van der Waals surface area contributed by atoms with Crippen molar-refractivity contribution in [3.05, 3.63) is 52.9 Å². The summed E-state index contributed by atoms with van der Waals surface area (Å²) < 4.78 is 5.53. The maximum absolute atomic E-state index is 12.1. The van der Waals surface area contributed by atoms with Gasteiger partial charge in [-0.2, -0.15) is 0 Å². The van der Waals surface area contributed by atoms with Crippen LogP contribution < -0.4 is 10.9 Å². The Kier molecular flexibility index (Phi) is 8.03. The molecule has 0 radical (unpaired) electrons. The monoisotopic (exact) mass is 395 g/mol. The zero-order valence-corrected chi connectivity index (χ0v) is 16.3. The van der Waals surface area contributed by atoms with Crippen LogP contribution in [0.1, 0.15) is 30.2 Å². The second-order valence-electron chi connectivity index (χ2n) is 5.45. The average molecular weight is 396 g/mol. The lowest BCUT2D eigenvalue weighted by Gasteiger charge is -2.15. The van der Waals surface area contributed by atoms with Crippen molar-refractivity contribution in [1.82, 2.24) is 15.8 Å². The fourth-order valence-corrected chi connectivity index (χ4v) is 3.22.